The van der Waals surface area contributed by atoms with Crippen LogP contribution in [0.25, 0.3) is 44.1 Å². The monoisotopic (exact) mass is 695 g/mol. The number of nitriles is 2. The van der Waals surface area contributed by atoms with Crippen molar-refractivity contribution < 1.29 is 21.1 Å². The SMILES string of the molecule is Cc1cc(-c2ccccc2)c2ccc3c(-c4ccccc4)cc(C)nc3c2n1.N#CC(C#N)=C([S-])[S-].[Pt+2]. The first-order valence-electron chi connectivity index (χ1n) is 11.1. The second kappa shape index (κ2) is 12.5. The van der Waals surface area contributed by atoms with E-state index < -0.39 is 0 Å². The Morgan fingerprint density at radius 1 is 0.649 bits per heavy atom. The molecule has 182 valence electrons. The maximum Gasteiger partial charge on any atom is 2.00 e. The number of pyridine rings is 2. The molecular weight excluding hydrogens is 676 g/mol. The Bertz CT molecular complexity index is 1560. The first kappa shape index (κ1) is 27.9. The Labute approximate surface area is 241 Å². The number of rotatable bonds is 2. The third kappa shape index (κ3) is 6.19. The molecule has 0 amide bonds. The quantitative estimate of drug-likeness (QED) is 0.112. The van der Waals surface area contributed by atoms with Crippen LogP contribution < -0.4 is 0 Å². The Kier molecular flexibility index (Phi) is 9.45. The molecule has 0 aliphatic carbocycles. The maximum absolute atomic E-state index is 8.03. The molecule has 0 radical (unpaired) electrons. The van der Waals surface area contributed by atoms with E-state index in [9.17, 15) is 0 Å². The summed E-state index contributed by atoms with van der Waals surface area (Å²) in [5, 5.41) is 18.3. The first-order valence-corrected chi connectivity index (χ1v) is 12.0. The zero-order chi connectivity index (χ0) is 25.7. The Balaban J connectivity index is 0.000000370. The van der Waals surface area contributed by atoms with E-state index in [4.69, 9.17) is 20.5 Å². The molecule has 0 spiro atoms. The van der Waals surface area contributed by atoms with E-state index in [2.05, 4.69) is 112 Å². The second-order valence-electron chi connectivity index (χ2n) is 8.10. The van der Waals surface area contributed by atoms with Crippen LogP contribution in [0, 0.1) is 36.5 Å². The van der Waals surface area contributed by atoms with E-state index >= 15 is 0 Å². The van der Waals surface area contributed by atoms with Crippen molar-refractivity contribution in [2.75, 3.05) is 0 Å². The number of benzene rings is 3. The number of aromatic nitrogens is 2. The molecule has 37 heavy (non-hydrogen) atoms. The van der Waals surface area contributed by atoms with Crippen molar-refractivity contribution in [1.82, 2.24) is 9.97 Å². The molecular formula is C30H20N4PtS2. The number of aryl methyl sites for hydroxylation is 2. The number of hydrogen-bond acceptors (Lipinski definition) is 6. The van der Waals surface area contributed by atoms with Crippen molar-refractivity contribution in [3.05, 3.63) is 106 Å². The topological polar surface area (TPSA) is 73.4 Å². The second-order valence-corrected chi connectivity index (χ2v) is 9.17. The summed E-state index contributed by atoms with van der Waals surface area (Å²) in [6.45, 7) is 4.11. The summed E-state index contributed by atoms with van der Waals surface area (Å²) < 4.78 is -0.0602. The fourth-order valence-electron chi connectivity index (χ4n) is 4.06. The van der Waals surface area contributed by atoms with E-state index in [0.29, 0.717) is 0 Å². The number of nitrogens with zero attached hydrogens (tertiary/aromatic N) is 4. The van der Waals surface area contributed by atoms with Crippen LogP contribution in [0.1, 0.15) is 11.4 Å². The molecule has 4 nitrogen and oxygen atoms in total. The molecule has 0 N–H and O–H groups in total. The normalized spacial score (nSPS) is 9.84. The van der Waals surface area contributed by atoms with Crippen molar-refractivity contribution in [3.63, 3.8) is 0 Å². The summed E-state index contributed by atoms with van der Waals surface area (Å²) in [5.41, 5.74) is 8.60. The van der Waals surface area contributed by atoms with Gasteiger partial charge in [-0.15, -0.1) is 0 Å². The minimum Gasteiger partial charge on any atom is -0.805 e. The van der Waals surface area contributed by atoms with E-state index in [0.717, 1.165) is 33.2 Å². The predicted molar refractivity (Wildman–Crippen MR) is 150 cm³/mol. The molecule has 0 saturated carbocycles. The molecule has 2 heterocycles. The van der Waals surface area contributed by atoms with Crippen molar-refractivity contribution in [2.45, 2.75) is 13.8 Å². The Morgan fingerprint density at radius 3 is 1.32 bits per heavy atom. The standard InChI is InChI=1S/C26H20N2.C4H2N2S2.Pt/c1-17-15-23(19-9-5-3-6-10-19)21-13-14-22-24(20-11-7-4-8-12-20)16-18(2)28-26(22)25(21)27-17;5-1-3(2-6)4(7)8;/h3-16H,1-2H3;7-8H;/q;;+2/p-2. The van der Waals surface area contributed by atoms with Crippen molar-refractivity contribution in [3.8, 4) is 34.4 Å². The number of fused-ring (bicyclic) bond motifs is 3. The van der Waals surface area contributed by atoms with Gasteiger partial charge < -0.3 is 29.5 Å². The van der Waals surface area contributed by atoms with E-state index in [1.807, 2.05) is 12.1 Å². The zero-order valence-electron chi connectivity index (χ0n) is 20.0. The summed E-state index contributed by atoms with van der Waals surface area (Å²) in [4.78, 5) is 9.81. The minimum atomic E-state index is -0.157. The van der Waals surface area contributed by atoms with Crippen LogP contribution in [0.4, 0.5) is 0 Å². The number of hydrogen-bond donors (Lipinski definition) is 0. The van der Waals surface area contributed by atoms with Crippen LogP contribution in [0.5, 0.6) is 0 Å². The Morgan fingerprint density at radius 2 is 1.03 bits per heavy atom. The van der Waals surface area contributed by atoms with Gasteiger partial charge in [0.25, 0.3) is 0 Å². The van der Waals surface area contributed by atoms with Crippen LogP contribution in [-0.2, 0) is 46.3 Å². The van der Waals surface area contributed by atoms with Gasteiger partial charge in [0, 0.05) is 22.2 Å². The van der Waals surface area contributed by atoms with Crippen LogP contribution in [0.3, 0.4) is 0 Å². The van der Waals surface area contributed by atoms with Gasteiger partial charge in [0.1, 0.15) is 12.1 Å². The van der Waals surface area contributed by atoms with Gasteiger partial charge in [0.05, 0.1) is 16.6 Å². The van der Waals surface area contributed by atoms with Crippen LogP contribution in [-0.4, -0.2) is 9.97 Å². The minimum absolute atomic E-state index is 0. The van der Waals surface area contributed by atoms with Gasteiger partial charge in [-0.3, -0.25) is 9.97 Å². The number of allylic oxidation sites excluding steroid dienone is 1. The molecule has 5 aromatic rings. The molecule has 0 unspecified atom stereocenters. The summed E-state index contributed by atoms with van der Waals surface area (Å²) >= 11 is 8.70. The van der Waals surface area contributed by atoms with Gasteiger partial charge in [-0.2, -0.15) is 10.5 Å². The molecule has 0 fully saturated rings. The summed E-state index contributed by atoms with van der Waals surface area (Å²) in [6.07, 6.45) is 0. The molecule has 0 saturated heterocycles. The van der Waals surface area contributed by atoms with Crippen LogP contribution in [0.2, 0.25) is 0 Å². The predicted octanol–water partition coefficient (Wildman–Crippen LogP) is 7.07. The van der Waals surface area contributed by atoms with Crippen LogP contribution >= 0.6 is 0 Å². The third-order valence-electron chi connectivity index (χ3n) is 5.61. The van der Waals surface area contributed by atoms with Gasteiger partial charge in [0.15, 0.2) is 0 Å². The molecule has 0 aliphatic rings. The molecule has 0 atom stereocenters. The largest absolute Gasteiger partial charge is 2.00 e. The fourth-order valence-corrected chi connectivity index (χ4v) is 4.24. The van der Waals surface area contributed by atoms with Gasteiger partial charge in [-0.25, -0.2) is 0 Å². The van der Waals surface area contributed by atoms with Gasteiger partial charge in [-0.05, 0) is 48.2 Å². The zero-order valence-corrected chi connectivity index (χ0v) is 23.9. The summed E-state index contributed by atoms with van der Waals surface area (Å²) in [7, 11) is 0. The van der Waals surface area contributed by atoms with Crippen molar-refractivity contribution in [1.29, 1.82) is 10.5 Å². The van der Waals surface area contributed by atoms with E-state index in [1.54, 1.807) is 12.1 Å². The van der Waals surface area contributed by atoms with E-state index in [-0.39, 0.29) is 30.9 Å². The average molecular weight is 696 g/mol. The van der Waals surface area contributed by atoms with Gasteiger partial charge in [-0.1, -0.05) is 72.8 Å². The average Bonchev–Trinajstić information content (AvgIpc) is 2.89. The molecule has 3 aromatic carbocycles. The fraction of sp³-hybridized carbons (Fsp3) is 0.0667. The van der Waals surface area contributed by atoms with E-state index in [1.165, 1.54) is 22.3 Å². The first-order chi connectivity index (χ1) is 17.4. The molecule has 2 aromatic heterocycles. The summed E-state index contributed by atoms with van der Waals surface area (Å²) in [6, 6.07) is 32.8. The summed E-state index contributed by atoms with van der Waals surface area (Å²) in [5.74, 6) is 0. The third-order valence-corrected chi connectivity index (χ3v) is 6.02. The van der Waals surface area contributed by atoms with Gasteiger partial charge >= 0.3 is 21.1 Å². The molecule has 7 heteroatoms. The van der Waals surface area contributed by atoms with Crippen molar-refractivity contribution in [2.24, 2.45) is 0 Å². The molecule has 0 aliphatic heterocycles. The smallest absolute Gasteiger partial charge is 0.805 e. The molecule has 0 bridgehead atoms. The Hall–Kier alpha value is -3.67. The van der Waals surface area contributed by atoms with Gasteiger partial charge in [0.2, 0.25) is 0 Å². The maximum atomic E-state index is 8.03. The van der Waals surface area contributed by atoms with Crippen molar-refractivity contribution >= 4 is 47.1 Å². The molecule has 5 rings (SSSR count). The van der Waals surface area contributed by atoms with Crippen LogP contribution in [0.15, 0.2) is 94.7 Å².